The molecular formula is C14H14N8O3. The van der Waals surface area contributed by atoms with Crippen LogP contribution in [0.4, 0.5) is 5.82 Å². The molecule has 11 nitrogen and oxygen atoms in total. The van der Waals surface area contributed by atoms with Crippen LogP contribution in [0.2, 0.25) is 0 Å². The molecule has 1 aromatic carbocycles. The monoisotopic (exact) mass is 342 g/mol. The summed E-state index contributed by atoms with van der Waals surface area (Å²) in [4.78, 5) is 12.2. The normalized spacial score (nSPS) is 11.0. The van der Waals surface area contributed by atoms with Crippen molar-refractivity contribution in [1.82, 2.24) is 30.7 Å². The number of nitrogens with zero attached hydrogens (tertiary/aromatic N) is 6. The van der Waals surface area contributed by atoms with Crippen LogP contribution in [0.3, 0.4) is 0 Å². The van der Waals surface area contributed by atoms with Crippen molar-refractivity contribution in [3.63, 3.8) is 0 Å². The second-order valence-corrected chi connectivity index (χ2v) is 4.88. The summed E-state index contributed by atoms with van der Waals surface area (Å²) < 4.78 is 10.8. The van der Waals surface area contributed by atoms with Crippen LogP contribution in [0.1, 0.15) is 21.7 Å². The van der Waals surface area contributed by atoms with Gasteiger partial charge < -0.3 is 10.5 Å². The van der Waals surface area contributed by atoms with E-state index in [1.54, 1.807) is 38.3 Å². The topological polar surface area (TPSA) is 146 Å². The van der Waals surface area contributed by atoms with Gasteiger partial charge in [-0.05, 0) is 47.1 Å². The number of nitrogens with one attached hydrogen (secondary N) is 1. The Morgan fingerprint density at radius 2 is 2.12 bits per heavy atom. The van der Waals surface area contributed by atoms with Crippen molar-refractivity contribution in [3.8, 4) is 11.6 Å². The van der Waals surface area contributed by atoms with E-state index in [4.69, 9.17) is 10.5 Å². The van der Waals surface area contributed by atoms with Crippen molar-refractivity contribution in [1.29, 1.82) is 0 Å². The van der Waals surface area contributed by atoms with E-state index in [0.29, 0.717) is 5.69 Å². The Morgan fingerprint density at radius 3 is 2.76 bits per heavy atom. The molecule has 128 valence electrons. The van der Waals surface area contributed by atoms with Crippen LogP contribution in [0.15, 0.2) is 34.0 Å². The summed E-state index contributed by atoms with van der Waals surface area (Å²) in [6, 6.07) is 7.18. The number of nitrogen functional groups attached to an aromatic ring is 1. The zero-order valence-electron chi connectivity index (χ0n) is 13.4. The van der Waals surface area contributed by atoms with E-state index in [-0.39, 0.29) is 17.3 Å². The molecule has 3 rings (SSSR count). The lowest BCUT2D eigenvalue weighted by molar-refractivity contribution is 0.0949. The third-order valence-electron chi connectivity index (χ3n) is 3.30. The number of amides is 1. The van der Waals surface area contributed by atoms with Crippen LogP contribution in [-0.2, 0) is 0 Å². The van der Waals surface area contributed by atoms with Gasteiger partial charge in [-0.25, -0.2) is 10.1 Å². The highest BCUT2D eigenvalue weighted by molar-refractivity contribution is 5.94. The summed E-state index contributed by atoms with van der Waals surface area (Å²) >= 11 is 0. The maximum absolute atomic E-state index is 12.2. The number of hydrazone groups is 1. The van der Waals surface area contributed by atoms with Gasteiger partial charge in [0.2, 0.25) is 11.6 Å². The SMILES string of the molecule is COc1ccc(/C=N/NC(=O)c2nnn(-c3nonc3N)c2C)cc1. The number of anilines is 1. The highest BCUT2D eigenvalue weighted by atomic mass is 16.6. The molecule has 0 unspecified atom stereocenters. The minimum atomic E-state index is -0.525. The molecule has 3 N–H and O–H groups in total. The minimum absolute atomic E-state index is 0.0393. The number of carbonyl (C=O) groups is 1. The quantitative estimate of drug-likeness (QED) is 0.497. The van der Waals surface area contributed by atoms with Gasteiger partial charge in [-0.3, -0.25) is 4.79 Å². The highest BCUT2D eigenvalue weighted by Crippen LogP contribution is 2.14. The zero-order valence-corrected chi connectivity index (χ0v) is 13.4. The second kappa shape index (κ2) is 6.78. The van der Waals surface area contributed by atoms with Crippen molar-refractivity contribution >= 4 is 17.9 Å². The van der Waals surface area contributed by atoms with E-state index in [9.17, 15) is 4.79 Å². The van der Waals surface area contributed by atoms with Gasteiger partial charge in [0.05, 0.1) is 19.0 Å². The first-order valence-electron chi connectivity index (χ1n) is 7.08. The number of hydrogen-bond donors (Lipinski definition) is 2. The Hall–Kier alpha value is -3.76. The van der Waals surface area contributed by atoms with E-state index in [0.717, 1.165) is 11.3 Å². The van der Waals surface area contributed by atoms with Gasteiger partial charge in [-0.1, -0.05) is 5.21 Å². The van der Waals surface area contributed by atoms with E-state index >= 15 is 0 Å². The summed E-state index contributed by atoms with van der Waals surface area (Å²) in [5.74, 6) is 0.404. The van der Waals surface area contributed by atoms with E-state index in [1.807, 2.05) is 0 Å². The Balaban J connectivity index is 1.70. The standard InChI is InChI=1S/C14H14N8O3/c1-8-11(17-21-22(8)13-12(15)19-25-20-13)14(23)18-16-7-9-3-5-10(24-2)6-4-9/h3-7H,1-2H3,(H2,15,19)(H,18,23)/b16-7+. The van der Waals surface area contributed by atoms with Gasteiger partial charge in [0.25, 0.3) is 5.91 Å². The molecule has 2 aromatic heterocycles. The summed E-state index contributed by atoms with van der Waals surface area (Å²) in [5.41, 5.74) is 9.27. The average Bonchev–Trinajstić information content (AvgIpc) is 3.20. The van der Waals surface area contributed by atoms with E-state index < -0.39 is 5.91 Å². The summed E-state index contributed by atoms with van der Waals surface area (Å²) in [6.45, 7) is 1.64. The molecule has 3 aromatic rings. The van der Waals surface area contributed by atoms with Gasteiger partial charge in [-0.15, -0.1) is 5.10 Å². The average molecular weight is 342 g/mol. The molecule has 1 amide bonds. The summed E-state index contributed by atoms with van der Waals surface area (Å²) in [5, 5.41) is 18.6. The Morgan fingerprint density at radius 1 is 1.36 bits per heavy atom. The van der Waals surface area contributed by atoms with Crippen molar-refractivity contribution < 1.29 is 14.2 Å². The molecule has 0 fully saturated rings. The molecule has 0 saturated carbocycles. The molecule has 25 heavy (non-hydrogen) atoms. The van der Waals surface area contributed by atoms with E-state index in [1.165, 1.54) is 10.9 Å². The van der Waals surface area contributed by atoms with Crippen molar-refractivity contribution in [2.75, 3.05) is 12.8 Å². The van der Waals surface area contributed by atoms with Gasteiger partial charge in [-0.2, -0.15) is 9.78 Å². The Labute approximate surface area is 141 Å². The zero-order chi connectivity index (χ0) is 17.8. The largest absolute Gasteiger partial charge is 0.497 e. The van der Waals surface area contributed by atoms with Crippen LogP contribution in [0.25, 0.3) is 5.82 Å². The minimum Gasteiger partial charge on any atom is -0.497 e. The molecule has 0 aliphatic carbocycles. The van der Waals surface area contributed by atoms with Crippen LogP contribution < -0.4 is 15.9 Å². The van der Waals surface area contributed by atoms with Crippen molar-refractivity contribution in [3.05, 3.63) is 41.2 Å². The summed E-state index contributed by atoms with van der Waals surface area (Å²) in [6.07, 6.45) is 1.50. The van der Waals surface area contributed by atoms with Gasteiger partial charge >= 0.3 is 0 Å². The first-order chi connectivity index (χ1) is 12.1. The number of hydrogen-bond acceptors (Lipinski definition) is 9. The molecular weight excluding hydrogens is 328 g/mol. The molecule has 0 atom stereocenters. The number of aromatic nitrogens is 5. The van der Waals surface area contributed by atoms with Crippen LogP contribution in [0, 0.1) is 6.92 Å². The number of rotatable bonds is 5. The molecule has 0 bridgehead atoms. The number of ether oxygens (including phenoxy) is 1. The van der Waals surface area contributed by atoms with Gasteiger partial charge in [0.1, 0.15) is 5.75 Å². The van der Waals surface area contributed by atoms with Crippen LogP contribution in [0.5, 0.6) is 5.75 Å². The first kappa shape index (κ1) is 16.1. The lowest BCUT2D eigenvalue weighted by Gasteiger charge is -2.00. The highest BCUT2D eigenvalue weighted by Gasteiger charge is 2.20. The third-order valence-corrected chi connectivity index (χ3v) is 3.30. The summed E-state index contributed by atoms with van der Waals surface area (Å²) in [7, 11) is 1.58. The molecule has 2 heterocycles. The lowest BCUT2D eigenvalue weighted by atomic mass is 10.2. The molecule has 0 aliphatic heterocycles. The van der Waals surface area contributed by atoms with Crippen LogP contribution >= 0.6 is 0 Å². The molecule has 0 radical (unpaired) electrons. The number of benzene rings is 1. The fourth-order valence-corrected chi connectivity index (χ4v) is 1.99. The number of nitrogens with two attached hydrogens (primary N) is 1. The Kier molecular flexibility index (Phi) is 4.37. The molecule has 0 spiro atoms. The molecule has 0 aliphatic rings. The van der Waals surface area contributed by atoms with Gasteiger partial charge in [0, 0.05) is 0 Å². The first-order valence-corrected chi connectivity index (χ1v) is 7.08. The number of carbonyl (C=O) groups excluding carboxylic acids is 1. The van der Waals surface area contributed by atoms with E-state index in [2.05, 4.69) is 35.8 Å². The predicted molar refractivity (Wildman–Crippen MR) is 86.4 cm³/mol. The Bertz CT molecular complexity index is 913. The van der Waals surface area contributed by atoms with Crippen molar-refractivity contribution in [2.24, 2.45) is 5.10 Å². The smallest absolute Gasteiger partial charge is 0.293 e. The molecule has 11 heteroatoms. The molecule has 0 saturated heterocycles. The fourth-order valence-electron chi connectivity index (χ4n) is 1.99. The van der Waals surface area contributed by atoms with Crippen LogP contribution in [-0.4, -0.2) is 44.5 Å². The predicted octanol–water partition coefficient (Wildman–Crippen LogP) is 0.313. The third kappa shape index (κ3) is 3.29. The second-order valence-electron chi connectivity index (χ2n) is 4.88. The maximum atomic E-state index is 12.2. The van der Waals surface area contributed by atoms with Gasteiger partial charge in [0.15, 0.2) is 5.69 Å². The van der Waals surface area contributed by atoms with Crippen molar-refractivity contribution in [2.45, 2.75) is 6.92 Å². The number of methoxy groups -OCH3 is 1. The lowest BCUT2D eigenvalue weighted by Crippen LogP contribution is -2.19. The fraction of sp³-hybridized carbons (Fsp3) is 0.143. The maximum Gasteiger partial charge on any atom is 0.293 e.